The zero-order valence-electron chi connectivity index (χ0n) is 35.9. The fourth-order valence-electron chi connectivity index (χ4n) is 6.97. The molecule has 67 heavy (non-hydrogen) atoms. The molecule has 18 heteroatoms. The van der Waals surface area contributed by atoms with Crippen LogP contribution in [0.5, 0.6) is 0 Å². The van der Waals surface area contributed by atoms with E-state index in [4.69, 9.17) is 10.2 Å². The highest BCUT2D eigenvalue weighted by Gasteiger charge is 2.38. The fourth-order valence-corrected chi connectivity index (χ4v) is 9.25. The highest BCUT2D eigenvalue weighted by molar-refractivity contribution is 7.93. The van der Waals surface area contributed by atoms with Crippen molar-refractivity contribution in [1.29, 1.82) is 0 Å². The molecule has 0 aliphatic heterocycles. The first-order valence-corrected chi connectivity index (χ1v) is 23.8. The minimum Gasteiger partial charge on any atom is -0.478 e. The predicted molar refractivity (Wildman–Crippen MR) is 242 cm³/mol. The fraction of sp³-hybridized carbons (Fsp3) is 0.224. The van der Waals surface area contributed by atoms with Gasteiger partial charge in [-0.2, -0.15) is 26.3 Å². The van der Waals surface area contributed by atoms with Gasteiger partial charge in [-0.15, -0.1) is 0 Å². The number of hydrogen-bond donors (Lipinski definition) is 4. The van der Waals surface area contributed by atoms with Crippen LogP contribution in [0.3, 0.4) is 0 Å². The molecule has 0 bridgehead atoms. The molecule has 6 aromatic rings. The van der Waals surface area contributed by atoms with E-state index < -0.39 is 60.4 Å². The first kappa shape index (κ1) is 51.3. The Morgan fingerprint density at radius 2 is 0.896 bits per heavy atom. The SMILES string of the molecule is CCCc1ccc(S(=O)(=O)Nc2ccccc2CCCc2cccc(C(=O)O)c2)cc1.O=C(O)c1cccc(CCCc2ccccc2NS(=O)(=O)c2cc(C(F)(F)F)cc(C(F)(F)F)c2)c1. The molecule has 0 aromatic heterocycles. The number of nitrogens with one attached hydrogen (secondary N) is 2. The van der Waals surface area contributed by atoms with Crippen LogP contribution < -0.4 is 9.44 Å². The van der Waals surface area contributed by atoms with Gasteiger partial charge in [0.2, 0.25) is 0 Å². The Hall–Kier alpha value is -6.66. The predicted octanol–water partition coefficient (Wildman–Crippen LogP) is 11.7. The third-order valence-electron chi connectivity index (χ3n) is 10.3. The number of anilines is 2. The normalized spacial score (nSPS) is 11.9. The van der Waals surface area contributed by atoms with Crippen LogP contribution in [-0.2, 0) is 64.5 Å². The number of carbonyl (C=O) groups is 2. The van der Waals surface area contributed by atoms with Crippen molar-refractivity contribution in [2.75, 3.05) is 9.44 Å². The van der Waals surface area contributed by atoms with Crippen molar-refractivity contribution >= 4 is 43.4 Å². The quantitative estimate of drug-likeness (QED) is 0.0618. The molecule has 0 heterocycles. The minimum atomic E-state index is -5.19. The first-order chi connectivity index (χ1) is 31.6. The van der Waals surface area contributed by atoms with Crippen LogP contribution in [0, 0.1) is 0 Å². The summed E-state index contributed by atoms with van der Waals surface area (Å²) < 4.78 is 135. The summed E-state index contributed by atoms with van der Waals surface area (Å²) in [7, 11) is -8.48. The number of alkyl halides is 6. The molecule has 4 N–H and O–H groups in total. The smallest absolute Gasteiger partial charge is 0.416 e. The molecule has 0 saturated carbocycles. The van der Waals surface area contributed by atoms with E-state index in [2.05, 4.69) is 16.4 Å². The van der Waals surface area contributed by atoms with Gasteiger partial charge in [0.15, 0.2) is 0 Å². The van der Waals surface area contributed by atoms with E-state index in [-0.39, 0.29) is 39.9 Å². The first-order valence-electron chi connectivity index (χ1n) is 20.8. The molecule has 0 fully saturated rings. The summed E-state index contributed by atoms with van der Waals surface area (Å²) in [6, 6.07) is 33.7. The Balaban J connectivity index is 0.000000254. The molecule has 0 amide bonds. The Morgan fingerprint density at radius 3 is 1.30 bits per heavy atom. The average Bonchev–Trinajstić information content (AvgIpc) is 3.27. The van der Waals surface area contributed by atoms with E-state index in [1.165, 1.54) is 24.3 Å². The molecule has 0 spiro atoms. The molecule has 0 aliphatic carbocycles. The molecule has 0 saturated heterocycles. The van der Waals surface area contributed by atoms with Crippen LogP contribution in [0.25, 0.3) is 0 Å². The van der Waals surface area contributed by atoms with E-state index in [0.29, 0.717) is 43.4 Å². The lowest BCUT2D eigenvalue weighted by atomic mass is 10.0. The van der Waals surface area contributed by atoms with Crippen LogP contribution in [-0.4, -0.2) is 39.0 Å². The largest absolute Gasteiger partial charge is 0.478 e. The molecular formula is C49H46F6N2O8S2. The number of sulfonamides is 2. The monoisotopic (exact) mass is 968 g/mol. The van der Waals surface area contributed by atoms with Crippen molar-refractivity contribution in [2.24, 2.45) is 0 Å². The van der Waals surface area contributed by atoms with Gasteiger partial charge < -0.3 is 10.2 Å². The van der Waals surface area contributed by atoms with Crippen LogP contribution in [0.1, 0.15) is 85.8 Å². The summed E-state index contributed by atoms with van der Waals surface area (Å²) in [5.41, 5.74) is 1.64. The lowest BCUT2D eigenvalue weighted by Crippen LogP contribution is -2.18. The summed E-state index contributed by atoms with van der Waals surface area (Å²) in [6.45, 7) is 2.09. The summed E-state index contributed by atoms with van der Waals surface area (Å²) >= 11 is 0. The van der Waals surface area contributed by atoms with Gasteiger partial charge in [-0.1, -0.05) is 86.1 Å². The van der Waals surface area contributed by atoms with Crippen LogP contribution in [0.15, 0.2) is 149 Å². The van der Waals surface area contributed by atoms with Crippen molar-refractivity contribution in [1.82, 2.24) is 0 Å². The van der Waals surface area contributed by atoms with E-state index in [1.807, 2.05) is 36.4 Å². The molecule has 0 aliphatic rings. The van der Waals surface area contributed by atoms with Gasteiger partial charge in [0.25, 0.3) is 20.0 Å². The number of halogens is 6. The Bertz CT molecular complexity index is 2870. The maximum atomic E-state index is 13.1. The maximum absolute atomic E-state index is 13.1. The molecule has 10 nitrogen and oxygen atoms in total. The maximum Gasteiger partial charge on any atom is 0.416 e. The number of carboxylic acids is 2. The van der Waals surface area contributed by atoms with Gasteiger partial charge in [0, 0.05) is 0 Å². The highest BCUT2D eigenvalue weighted by atomic mass is 32.2. The van der Waals surface area contributed by atoms with Crippen molar-refractivity contribution < 1.29 is 63.0 Å². The third-order valence-corrected chi connectivity index (χ3v) is 13.1. The summed E-state index contributed by atoms with van der Waals surface area (Å²) in [5, 5.41) is 18.2. The van der Waals surface area contributed by atoms with Gasteiger partial charge in [-0.25, -0.2) is 26.4 Å². The number of hydrogen-bond acceptors (Lipinski definition) is 6. The summed E-state index contributed by atoms with van der Waals surface area (Å²) in [6.07, 6.45) is -5.09. The van der Waals surface area contributed by atoms with Gasteiger partial charge >= 0.3 is 24.3 Å². The van der Waals surface area contributed by atoms with Crippen molar-refractivity contribution in [3.8, 4) is 0 Å². The van der Waals surface area contributed by atoms with Crippen molar-refractivity contribution in [3.05, 3.63) is 190 Å². The molecule has 6 aromatic carbocycles. The van der Waals surface area contributed by atoms with Crippen molar-refractivity contribution in [2.45, 2.75) is 80.4 Å². The Kier molecular flexibility index (Phi) is 17.0. The van der Waals surface area contributed by atoms with E-state index in [9.17, 15) is 52.8 Å². The number of aromatic carboxylic acids is 2. The zero-order valence-corrected chi connectivity index (χ0v) is 37.5. The van der Waals surface area contributed by atoms with E-state index in [0.717, 1.165) is 41.5 Å². The summed E-state index contributed by atoms with van der Waals surface area (Å²) in [5.74, 6) is -2.02. The summed E-state index contributed by atoms with van der Waals surface area (Å²) in [4.78, 5) is 21.3. The Morgan fingerprint density at radius 1 is 0.478 bits per heavy atom. The van der Waals surface area contributed by atoms with Gasteiger partial charge in [-0.3, -0.25) is 9.44 Å². The van der Waals surface area contributed by atoms with Crippen LogP contribution in [0.4, 0.5) is 37.7 Å². The molecular weight excluding hydrogens is 923 g/mol. The van der Waals surface area contributed by atoms with Gasteiger partial charge in [-0.05, 0) is 139 Å². The lowest BCUT2D eigenvalue weighted by Gasteiger charge is -2.16. The molecule has 0 radical (unpaired) electrons. The number of carboxylic acid groups (broad SMARTS) is 2. The minimum absolute atomic E-state index is 0.00255. The molecule has 0 atom stereocenters. The second-order valence-corrected chi connectivity index (χ2v) is 18.7. The van der Waals surface area contributed by atoms with E-state index >= 15 is 0 Å². The van der Waals surface area contributed by atoms with Crippen LogP contribution in [0.2, 0.25) is 0 Å². The number of aryl methyl sites for hydroxylation is 5. The zero-order chi connectivity index (χ0) is 49.0. The highest BCUT2D eigenvalue weighted by Crippen LogP contribution is 2.38. The van der Waals surface area contributed by atoms with E-state index in [1.54, 1.807) is 60.7 Å². The Labute approximate surface area is 384 Å². The van der Waals surface area contributed by atoms with Gasteiger partial charge in [0.05, 0.1) is 43.4 Å². The number of benzene rings is 6. The number of para-hydroxylation sites is 2. The van der Waals surface area contributed by atoms with Crippen LogP contribution >= 0.6 is 0 Å². The average molecular weight is 969 g/mol. The standard InChI is InChI=1S/C25H27NO4S.C24H19F6NO4S/c1-2-7-19-14-16-23(17-15-19)31(29,30)26-24-13-4-3-10-21(24)11-5-8-20-9-6-12-22(18-20)25(27)28;25-23(26,27)18-12-19(24(28,29)30)14-20(13-18)36(34,35)31-21-10-2-1-7-16(21)8-3-5-15-6-4-9-17(11-15)22(32)33/h3-4,6,9-10,12-18,26H,2,5,7-8,11H2,1H3,(H,27,28);1-2,4,6-7,9-14,31H,3,5,8H2,(H,32,33). The second-order valence-electron chi connectivity index (χ2n) is 15.4. The molecule has 0 unspecified atom stereocenters. The van der Waals surface area contributed by atoms with Gasteiger partial charge in [0.1, 0.15) is 0 Å². The lowest BCUT2D eigenvalue weighted by molar-refractivity contribution is -0.143. The second kappa shape index (κ2) is 22.2. The number of rotatable bonds is 18. The van der Waals surface area contributed by atoms with Crippen molar-refractivity contribution in [3.63, 3.8) is 0 Å². The third kappa shape index (κ3) is 14.9. The molecule has 6 rings (SSSR count). The topological polar surface area (TPSA) is 167 Å². The molecule has 354 valence electrons.